The summed E-state index contributed by atoms with van der Waals surface area (Å²) < 4.78 is 73.4. The molecule has 2 atom stereocenters. The summed E-state index contributed by atoms with van der Waals surface area (Å²) in [6.45, 7) is 13.6. The van der Waals surface area contributed by atoms with E-state index in [0.717, 1.165) is 13.8 Å². The van der Waals surface area contributed by atoms with Crippen LogP contribution in [0.2, 0.25) is 0 Å². The topological polar surface area (TPSA) is 155 Å². The molecule has 0 rings (SSSR count). The number of carbonyl (C=O) groups excluding carboxylic acids is 4. The van der Waals surface area contributed by atoms with Gasteiger partial charge in [0.05, 0.1) is 23.1 Å². The quantitative estimate of drug-likeness (QED) is 0.333. The van der Waals surface area contributed by atoms with Crippen LogP contribution in [0.25, 0.3) is 0 Å². The Morgan fingerprint density at radius 3 is 0.730 bits per heavy atom. The predicted molar refractivity (Wildman–Crippen MR) is 113 cm³/mol. The molecule has 2 N–H and O–H groups in total. The van der Waals surface area contributed by atoms with Crippen LogP contribution in [0.3, 0.4) is 0 Å². The van der Waals surface area contributed by atoms with Gasteiger partial charge < -0.3 is 30.0 Å². The smallest absolute Gasteiger partial charge is 0.549 e. The summed E-state index contributed by atoms with van der Waals surface area (Å²) in [5.74, 6) is -7.70. The fraction of sp³-hybridized carbons (Fsp3) is 0.818. The van der Waals surface area contributed by atoms with E-state index < -0.39 is 70.7 Å². The number of halogens is 6. The Kier molecular flexibility index (Phi) is 20.4. The molecule has 0 fully saturated rings. The third-order valence-electron chi connectivity index (χ3n) is 3.93. The molecular weight excluding hydrogens is 597 g/mol. The maximum Gasteiger partial charge on any atom is 2.00 e. The van der Waals surface area contributed by atoms with E-state index in [-0.39, 0.29) is 26.2 Å². The van der Waals surface area contributed by atoms with Crippen molar-refractivity contribution in [1.29, 1.82) is 0 Å². The van der Waals surface area contributed by atoms with Crippen LogP contribution in [0.4, 0.5) is 26.3 Å². The molecule has 0 bridgehead atoms. The van der Waals surface area contributed by atoms with Gasteiger partial charge in [-0.05, 0) is 68.2 Å². The van der Waals surface area contributed by atoms with Crippen molar-refractivity contribution >= 4 is 23.5 Å². The van der Waals surface area contributed by atoms with Crippen molar-refractivity contribution in [2.24, 2.45) is 10.8 Å². The summed E-state index contributed by atoms with van der Waals surface area (Å²) in [4.78, 5) is 41.9. The second kappa shape index (κ2) is 16.6. The molecule has 0 aliphatic rings. The van der Waals surface area contributed by atoms with E-state index in [1.807, 2.05) is 0 Å². The minimum atomic E-state index is -5.10. The molecule has 0 aromatic carbocycles. The van der Waals surface area contributed by atoms with E-state index in [9.17, 15) is 55.7 Å². The first kappa shape index (κ1) is 45.6. The molecule has 0 spiro atoms. The number of rotatable bonds is 6. The number of carboxylic acid groups (broad SMARTS) is 2. The second-order valence-corrected chi connectivity index (χ2v) is 9.54. The predicted octanol–water partition coefficient (Wildman–Crippen LogP) is 2.12. The average molecular weight is 634 g/mol. The Hall–Kier alpha value is -1.34. The van der Waals surface area contributed by atoms with E-state index in [0.29, 0.717) is 13.8 Å². The molecule has 0 saturated carbocycles. The van der Waals surface area contributed by atoms with Gasteiger partial charge in [-0.3, -0.25) is 9.59 Å². The zero-order valence-electron chi connectivity index (χ0n) is 22.5. The van der Waals surface area contributed by atoms with Crippen LogP contribution >= 0.6 is 0 Å². The first-order valence-electron chi connectivity index (χ1n) is 10.4. The van der Waals surface area contributed by atoms with Gasteiger partial charge in [0, 0.05) is 0 Å². The van der Waals surface area contributed by atoms with E-state index in [2.05, 4.69) is 0 Å². The zero-order valence-corrected chi connectivity index (χ0v) is 25.0. The Morgan fingerprint density at radius 2 is 0.730 bits per heavy atom. The molecule has 0 aromatic heterocycles. The van der Waals surface area contributed by atoms with Crippen molar-refractivity contribution in [3.63, 3.8) is 0 Å². The van der Waals surface area contributed by atoms with Crippen LogP contribution in [0, 0.1) is 10.8 Å². The minimum absolute atomic E-state index is 0. The van der Waals surface area contributed by atoms with Crippen molar-refractivity contribution in [3.8, 4) is 0 Å². The van der Waals surface area contributed by atoms with E-state index in [1.165, 1.54) is 0 Å². The minimum Gasteiger partial charge on any atom is -0.549 e. The molecule has 0 aliphatic heterocycles. The largest absolute Gasteiger partial charge is 2.00 e. The van der Waals surface area contributed by atoms with E-state index >= 15 is 0 Å². The first-order chi connectivity index (χ1) is 15.4. The van der Waals surface area contributed by atoms with Gasteiger partial charge in [-0.1, -0.05) is 13.8 Å². The van der Waals surface area contributed by atoms with Crippen LogP contribution in [0.1, 0.15) is 82.1 Å². The maximum atomic E-state index is 12.2. The Labute approximate surface area is 231 Å². The Bertz CT molecular complexity index is 633. The van der Waals surface area contributed by atoms with E-state index in [4.69, 9.17) is 10.2 Å². The fourth-order valence-electron chi connectivity index (χ4n) is 2.11. The van der Waals surface area contributed by atoms with Gasteiger partial charge in [-0.2, -0.15) is 26.3 Å². The molecular formula is C22H36F6O8Zr. The number of carboxylic acids is 2. The first-order valence-corrected chi connectivity index (χ1v) is 10.4. The van der Waals surface area contributed by atoms with Crippen molar-refractivity contribution in [2.75, 3.05) is 0 Å². The van der Waals surface area contributed by atoms with Gasteiger partial charge in [0.2, 0.25) is 0 Å². The number of hydrogen-bond acceptors (Lipinski definition) is 8. The number of ketones is 2. The number of hydrogen-bond donors (Lipinski definition) is 2. The molecule has 0 amide bonds. The SMILES string of the molecule is CC(C)(C)O.CC(C)(C)O.CCC(C(C)=O)(C(=O)[O-])C(F)(F)F.CCC(C(C)=O)(C(=O)[O-])C(F)(F)F.[Zr+2]. The summed E-state index contributed by atoms with van der Waals surface area (Å²) in [6.07, 6.45) is -11.9. The molecule has 2 unspecified atom stereocenters. The normalized spacial score (nSPS) is 14.8. The summed E-state index contributed by atoms with van der Waals surface area (Å²) in [5, 5.41) is 37.6. The van der Waals surface area contributed by atoms with Crippen LogP contribution in [-0.2, 0) is 45.4 Å². The number of alkyl halides is 6. The molecule has 37 heavy (non-hydrogen) atoms. The van der Waals surface area contributed by atoms with Crippen LogP contribution < -0.4 is 10.2 Å². The third kappa shape index (κ3) is 17.0. The van der Waals surface area contributed by atoms with Crippen molar-refractivity contribution in [1.82, 2.24) is 0 Å². The zero-order chi connectivity index (χ0) is 30.7. The van der Waals surface area contributed by atoms with Gasteiger partial charge >= 0.3 is 38.6 Å². The summed E-state index contributed by atoms with van der Waals surface area (Å²) in [5.41, 5.74) is -7.71. The molecule has 0 aliphatic carbocycles. The molecule has 0 radical (unpaired) electrons. The van der Waals surface area contributed by atoms with Crippen LogP contribution in [0.15, 0.2) is 0 Å². The number of Topliss-reactive ketones (excluding diaryl/α,β-unsaturated/α-hetero) is 2. The van der Waals surface area contributed by atoms with E-state index in [1.54, 1.807) is 41.5 Å². The third-order valence-corrected chi connectivity index (χ3v) is 3.93. The van der Waals surface area contributed by atoms with Crippen molar-refractivity contribution < 1.29 is 92.2 Å². The molecule has 0 aromatic rings. The summed E-state index contributed by atoms with van der Waals surface area (Å²) >= 11 is 0. The summed E-state index contributed by atoms with van der Waals surface area (Å²) in [6, 6.07) is 0. The number of aliphatic hydroxyl groups is 2. The Balaban J connectivity index is -0.000000133. The molecule has 218 valence electrons. The van der Waals surface area contributed by atoms with Gasteiger partial charge in [0.25, 0.3) is 0 Å². The molecule has 0 heterocycles. The number of carbonyl (C=O) groups is 4. The molecule has 15 heteroatoms. The van der Waals surface area contributed by atoms with Crippen LogP contribution in [-0.4, -0.2) is 57.3 Å². The van der Waals surface area contributed by atoms with Gasteiger partial charge in [-0.15, -0.1) is 0 Å². The summed E-state index contributed by atoms with van der Waals surface area (Å²) in [7, 11) is 0. The van der Waals surface area contributed by atoms with Gasteiger partial charge in [0.15, 0.2) is 22.4 Å². The van der Waals surface area contributed by atoms with Crippen LogP contribution in [0.5, 0.6) is 0 Å². The molecule has 0 saturated heterocycles. The second-order valence-electron chi connectivity index (χ2n) is 9.54. The maximum absolute atomic E-state index is 12.2. The fourth-order valence-corrected chi connectivity index (χ4v) is 2.11. The molecule has 8 nitrogen and oxygen atoms in total. The monoisotopic (exact) mass is 632 g/mol. The van der Waals surface area contributed by atoms with Gasteiger partial charge in [-0.25, -0.2) is 0 Å². The number of aliphatic carboxylic acids is 2. The van der Waals surface area contributed by atoms with Crippen molar-refractivity contribution in [2.45, 2.75) is 106 Å². The Morgan fingerprint density at radius 1 is 0.595 bits per heavy atom. The average Bonchev–Trinajstić information content (AvgIpc) is 2.49. The van der Waals surface area contributed by atoms with Gasteiger partial charge in [0.1, 0.15) is 0 Å². The standard InChI is InChI=1S/2C7H9F3O3.2C4H10O.Zr/c2*1-3-6(4(2)11,5(12)13)7(8,9)10;2*1-4(2,3)5;/h2*3H2,1-2H3,(H,12,13);2*5H,1-3H3;/q;;;;+2/p-2. The van der Waals surface area contributed by atoms with Crippen molar-refractivity contribution in [3.05, 3.63) is 0 Å².